The van der Waals surface area contributed by atoms with Crippen LogP contribution in [0.2, 0.25) is 0 Å². The van der Waals surface area contributed by atoms with Gasteiger partial charge < -0.3 is 9.47 Å². The van der Waals surface area contributed by atoms with E-state index in [1.165, 1.54) is 0 Å². The van der Waals surface area contributed by atoms with Crippen LogP contribution in [0, 0.1) is 5.41 Å². The second-order valence-corrected chi connectivity index (χ2v) is 6.82. The second-order valence-electron chi connectivity index (χ2n) is 5.40. The third-order valence-corrected chi connectivity index (χ3v) is 3.78. The minimum Gasteiger partial charge on any atom is -0.493 e. The molecule has 0 bridgehead atoms. The van der Waals surface area contributed by atoms with Gasteiger partial charge >= 0.3 is 0 Å². The van der Waals surface area contributed by atoms with Gasteiger partial charge in [0.2, 0.25) is 0 Å². The summed E-state index contributed by atoms with van der Waals surface area (Å²) in [6.07, 6.45) is 1.00. The summed E-state index contributed by atoms with van der Waals surface area (Å²) in [7, 11) is 1.66. The van der Waals surface area contributed by atoms with Crippen molar-refractivity contribution in [3.05, 3.63) is 22.2 Å². The number of ether oxygens (including phenoxy) is 2. The molecule has 0 radical (unpaired) electrons. The maximum absolute atomic E-state index is 5.85. The van der Waals surface area contributed by atoms with Crippen molar-refractivity contribution in [2.45, 2.75) is 32.5 Å². The van der Waals surface area contributed by atoms with E-state index in [2.05, 4.69) is 52.6 Å². The molecule has 4 heteroatoms. The molecule has 0 aliphatic carbocycles. The fourth-order valence-corrected chi connectivity index (χ4v) is 2.38. The molecule has 0 heterocycles. The van der Waals surface area contributed by atoms with Crippen LogP contribution in [0.1, 0.15) is 32.8 Å². The van der Waals surface area contributed by atoms with Gasteiger partial charge in [-0.1, -0.05) is 36.7 Å². The maximum Gasteiger partial charge on any atom is 0.175 e. The number of methoxy groups -OCH3 is 1. The van der Waals surface area contributed by atoms with E-state index in [9.17, 15) is 0 Å². The zero-order valence-corrected chi connectivity index (χ0v) is 14.5. The molecule has 1 aromatic carbocycles. The van der Waals surface area contributed by atoms with Gasteiger partial charge in [0.15, 0.2) is 11.5 Å². The Morgan fingerprint density at radius 1 is 1.22 bits per heavy atom. The summed E-state index contributed by atoms with van der Waals surface area (Å²) in [6.45, 7) is 7.30. The average Bonchev–Trinajstić information content (AvgIpc) is 2.29. The highest BCUT2D eigenvalue weighted by Gasteiger charge is 2.14. The van der Waals surface area contributed by atoms with E-state index >= 15 is 0 Å². The summed E-state index contributed by atoms with van der Waals surface area (Å²) in [6, 6.07) is 4.04. The predicted octanol–water partition coefficient (Wildman–Crippen LogP) is 5.17. The van der Waals surface area contributed by atoms with Gasteiger partial charge in [-0.15, -0.1) is 0 Å². The first-order chi connectivity index (χ1) is 8.37. The Labute approximate surface area is 126 Å². The molecule has 0 saturated carbocycles. The number of rotatable bonds is 5. The summed E-state index contributed by atoms with van der Waals surface area (Å²) < 4.78 is 12.2. The zero-order valence-electron chi connectivity index (χ0n) is 11.3. The largest absolute Gasteiger partial charge is 0.493 e. The van der Waals surface area contributed by atoms with Crippen molar-refractivity contribution in [1.29, 1.82) is 0 Å². The highest BCUT2D eigenvalue weighted by Crippen LogP contribution is 2.37. The van der Waals surface area contributed by atoms with Crippen molar-refractivity contribution in [3.8, 4) is 11.5 Å². The fourth-order valence-electron chi connectivity index (χ4n) is 1.45. The van der Waals surface area contributed by atoms with E-state index in [4.69, 9.17) is 9.47 Å². The van der Waals surface area contributed by atoms with E-state index in [0.29, 0.717) is 6.61 Å². The topological polar surface area (TPSA) is 18.5 Å². The van der Waals surface area contributed by atoms with Crippen molar-refractivity contribution in [3.63, 3.8) is 0 Å². The molecule has 0 atom stereocenters. The van der Waals surface area contributed by atoms with Crippen molar-refractivity contribution in [1.82, 2.24) is 0 Å². The van der Waals surface area contributed by atoms with Crippen LogP contribution in [0.4, 0.5) is 0 Å². The zero-order chi connectivity index (χ0) is 13.8. The van der Waals surface area contributed by atoms with Gasteiger partial charge in [-0.2, -0.15) is 0 Å². The molecule has 0 aliphatic rings. The lowest BCUT2D eigenvalue weighted by molar-refractivity contribution is 0.233. The first-order valence-electron chi connectivity index (χ1n) is 5.92. The fraction of sp³-hybridized carbons (Fsp3) is 0.571. The lowest BCUT2D eigenvalue weighted by Crippen LogP contribution is -2.11. The second kappa shape index (κ2) is 6.80. The highest BCUT2D eigenvalue weighted by molar-refractivity contribution is 9.10. The number of alkyl halides is 1. The van der Waals surface area contributed by atoms with Crippen LogP contribution < -0.4 is 9.47 Å². The van der Waals surface area contributed by atoms with Crippen LogP contribution in [0.3, 0.4) is 0 Å². The van der Waals surface area contributed by atoms with Crippen LogP contribution in [-0.2, 0) is 5.33 Å². The van der Waals surface area contributed by atoms with Crippen LogP contribution in [0.5, 0.6) is 11.5 Å². The molecule has 0 N–H and O–H groups in total. The third-order valence-electron chi connectivity index (χ3n) is 2.54. The standard InChI is InChI=1S/C14H20Br2O2/c1-14(2,3)5-6-18-13-11(16)7-10(9-15)8-12(13)17-4/h7-8H,5-6,9H2,1-4H3. The molecule has 0 aliphatic heterocycles. The van der Waals surface area contributed by atoms with Crippen LogP contribution in [0.15, 0.2) is 16.6 Å². The number of hydrogen-bond donors (Lipinski definition) is 0. The highest BCUT2D eigenvalue weighted by atomic mass is 79.9. The van der Waals surface area contributed by atoms with Crippen LogP contribution in [0.25, 0.3) is 0 Å². The Kier molecular flexibility index (Phi) is 5.99. The molecule has 0 amide bonds. The summed E-state index contributed by atoms with van der Waals surface area (Å²) in [5, 5.41) is 0.796. The Morgan fingerprint density at radius 2 is 1.89 bits per heavy atom. The first kappa shape index (κ1) is 15.8. The van der Waals surface area contributed by atoms with E-state index < -0.39 is 0 Å². The lowest BCUT2D eigenvalue weighted by atomic mass is 9.93. The predicted molar refractivity (Wildman–Crippen MR) is 82.9 cm³/mol. The Balaban J connectivity index is 2.81. The van der Waals surface area contributed by atoms with E-state index in [-0.39, 0.29) is 5.41 Å². The van der Waals surface area contributed by atoms with Crippen molar-refractivity contribution in [2.24, 2.45) is 5.41 Å². The van der Waals surface area contributed by atoms with Gasteiger partial charge in [0.05, 0.1) is 18.2 Å². The van der Waals surface area contributed by atoms with Gasteiger partial charge in [0.25, 0.3) is 0 Å². The van der Waals surface area contributed by atoms with Crippen LogP contribution >= 0.6 is 31.9 Å². The Morgan fingerprint density at radius 3 is 2.39 bits per heavy atom. The van der Waals surface area contributed by atoms with Gasteiger partial charge in [-0.3, -0.25) is 0 Å². The van der Waals surface area contributed by atoms with Gasteiger partial charge in [-0.05, 0) is 45.5 Å². The van der Waals surface area contributed by atoms with Crippen molar-refractivity contribution >= 4 is 31.9 Å². The number of benzene rings is 1. The SMILES string of the molecule is COc1cc(CBr)cc(Br)c1OCCC(C)(C)C. The van der Waals surface area contributed by atoms with E-state index in [1.807, 2.05) is 12.1 Å². The monoisotopic (exact) mass is 378 g/mol. The number of hydrogen-bond acceptors (Lipinski definition) is 2. The molecule has 0 unspecified atom stereocenters. The molecule has 0 aromatic heterocycles. The van der Waals surface area contributed by atoms with Crippen LogP contribution in [-0.4, -0.2) is 13.7 Å². The van der Waals surface area contributed by atoms with Gasteiger partial charge in [-0.25, -0.2) is 0 Å². The molecule has 18 heavy (non-hydrogen) atoms. The van der Waals surface area contributed by atoms with Crippen molar-refractivity contribution < 1.29 is 9.47 Å². The molecule has 1 aromatic rings. The van der Waals surface area contributed by atoms with E-state index in [0.717, 1.165) is 33.3 Å². The van der Waals surface area contributed by atoms with Gasteiger partial charge in [0, 0.05) is 5.33 Å². The summed E-state index contributed by atoms with van der Waals surface area (Å²) in [5.74, 6) is 1.55. The normalized spacial score (nSPS) is 11.4. The molecular weight excluding hydrogens is 360 g/mol. The Bertz CT molecular complexity index is 398. The molecule has 1 rings (SSSR count). The minimum atomic E-state index is 0.273. The average molecular weight is 380 g/mol. The first-order valence-corrected chi connectivity index (χ1v) is 7.84. The smallest absolute Gasteiger partial charge is 0.175 e. The van der Waals surface area contributed by atoms with Crippen molar-refractivity contribution in [2.75, 3.05) is 13.7 Å². The number of halogens is 2. The quantitative estimate of drug-likeness (QED) is 0.657. The molecule has 0 saturated heterocycles. The maximum atomic E-state index is 5.85. The summed E-state index contributed by atoms with van der Waals surface area (Å²) in [5.41, 5.74) is 1.43. The molecular formula is C14H20Br2O2. The molecule has 102 valence electrons. The summed E-state index contributed by atoms with van der Waals surface area (Å²) in [4.78, 5) is 0. The molecule has 0 fully saturated rings. The molecule has 2 nitrogen and oxygen atoms in total. The third kappa shape index (κ3) is 4.81. The summed E-state index contributed by atoms with van der Waals surface area (Å²) >= 11 is 6.98. The lowest BCUT2D eigenvalue weighted by Gasteiger charge is -2.19. The Hall–Kier alpha value is -0.220. The van der Waals surface area contributed by atoms with E-state index in [1.54, 1.807) is 7.11 Å². The van der Waals surface area contributed by atoms with Gasteiger partial charge in [0.1, 0.15) is 0 Å². The minimum absolute atomic E-state index is 0.273. The molecule has 0 spiro atoms.